The van der Waals surface area contributed by atoms with E-state index in [2.05, 4.69) is 0 Å². The largest absolute Gasteiger partial charge is 2.00 e. The maximum Gasteiger partial charge on any atom is 2.00 e. The van der Waals surface area contributed by atoms with Gasteiger partial charge in [-0.25, -0.2) is 0 Å². The van der Waals surface area contributed by atoms with E-state index in [1.165, 1.54) is 0 Å². The maximum absolute atomic E-state index is 8.74. The predicted molar refractivity (Wildman–Crippen MR) is 23.3 cm³/mol. The average Bonchev–Trinajstić information content (AvgIpc) is 0.722. The molecule has 2 N–H and O–H groups in total. The summed E-state index contributed by atoms with van der Waals surface area (Å²) in [5.74, 6) is 0. The summed E-state index contributed by atoms with van der Waals surface area (Å²) in [5, 5.41) is 0. The summed E-state index contributed by atoms with van der Waals surface area (Å²) in [6.07, 6.45) is 0. The minimum atomic E-state index is -4.67. The minimum Gasteiger partial charge on any atom is -1.00 e. The molecule has 0 aliphatic heterocycles. The Hall–Kier alpha value is 2.86. The molecule has 0 aliphatic rings. The molecule has 0 spiro atoms. The Kier molecular flexibility index (Phi) is 27.6. The summed E-state index contributed by atoms with van der Waals surface area (Å²) in [6.45, 7) is 0. The van der Waals surface area contributed by atoms with Gasteiger partial charge in [0.05, 0.1) is 0 Å². The van der Waals surface area contributed by atoms with Crippen LogP contribution >= 0.6 is 0 Å². The molecule has 0 saturated carbocycles. The molecule has 1 radical (unpaired) electrons. The molecule has 0 unspecified atom stereocenters. The van der Waals surface area contributed by atoms with Crippen molar-refractivity contribution in [3.8, 4) is 0 Å². The van der Waals surface area contributed by atoms with Crippen LogP contribution in [0.2, 0.25) is 0 Å². The van der Waals surface area contributed by atoms with Gasteiger partial charge in [-0.2, -0.15) is 8.42 Å². The topological polar surface area (TPSA) is 74.6 Å². The molecule has 8 heteroatoms. The van der Waals surface area contributed by atoms with Crippen LogP contribution in [0.1, 0.15) is 4.28 Å². The van der Waals surface area contributed by atoms with E-state index >= 15 is 0 Å². The molecule has 0 saturated heterocycles. The fourth-order valence-electron chi connectivity index (χ4n) is 0. The Bertz CT molecular complexity index is 109. The van der Waals surface area contributed by atoms with Crippen molar-refractivity contribution in [3.05, 3.63) is 0 Å². The van der Waals surface area contributed by atoms with E-state index in [-0.39, 0.29) is 97.3 Å². The SMILES string of the molecule is O=S(=O)(O)O.[H-].[H-].[H-].[K+].[Mg+2].[V]. The second-order valence-corrected chi connectivity index (χ2v) is 1.34. The zero-order valence-electron chi connectivity index (χ0n) is 7.27. The first kappa shape index (κ1) is 22.4. The van der Waals surface area contributed by atoms with Gasteiger partial charge in [0.2, 0.25) is 0 Å². The molecule has 0 aromatic rings. The van der Waals surface area contributed by atoms with Gasteiger partial charge in [-0.05, 0) is 0 Å². The van der Waals surface area contributed by atoms with E-state index in [0.29, 0.717) is 0 Å². The fraction of sp³-hybridized carbons (Fsp3) is 0. The third-order valence-corrected chi connectivity index (χ3v) is 0. The van der Waals surface area contributed by atoms with Gasteiger partial charge >= 0.3 is 84.8 Å². The van der Waals surface area contributed by atoms with Gasteiger partial charge in [-0.1, -0.05) is 0 Å². The quantitative estimate of drug-likeness (QED) is 0.322. The monoisotopic (exact) mass is 215 g/mol. The standard InChI is InChI=1S/K.Mg.H2O4S.V.3H/c;;1-5(2,3)4;;;;/h;;(H2,1,2,3,4);;;;/q+1;+2;;;3*-1. The molecule has 0 aromatic heterocycles. The molecule has 0 fully saturated rings. The second kappa shape index (κ2) is 9.86. The Morgan fingerprint density at radius 2 is 1.25 bits per heavy atom. The predicted octanol–water partition coefficient (Wildman–Crippen LogP) is -3.69. The number of hydrogen-bond acceptors (Lipinski definition) is 2. The summed E-state index contributed by atoms with van der Waals surface area (Å²) < 4.78 is 31.6. The third kappa shape index (κ3) is 67.0. The Balaban J connectivity index is -0.00000000533. The van der Waals surface area contributed by atoms with E-state index < -0.39 is 10.4 Å². The molecule has 43 valence electrons. The summed E-state index contributed by atoms with van der Waals surface area (Å²) in [4.78, 5) is 0. The number of hydrogen-bond donors (Lipinski definition) is 2. The van der Waals surface area contributed by atoms with Crippen molar-refractivity contribution in [1.82, 2.24) is 0 Å². The third-order valence-electron chi connectivity index (χ3n) is 0. The van der Waals surface area contributed by atoms with Crippen LogP contribution in [0.3, 0.4) is 0 Å². The molecular weight excluding hydrogens is 210 g/mol. The first-order valence-corrected chi connectivity index (χ1v) is 2.10. The van der Waals surface area contributed by atoms with E-state index in [1.54, 1.807) is 0 Å². The van der Waals surface area contributed by atoms with Gasteiger partial charge in [0.15, 0.2) is 0 Å². The minimum absolute atomic E-state index is 0. The van der Waals surface area contributed by atoms with Crippen LogP contribution in [-0.2, 0) is 29.0 Å². The molecule has 0 atom stereocenters. The van der Waals surface area contributed by atoms with Gasteiger partial charge in [0.1, 0.15) is 0 Å². The summed E-state index contributed by atoms with van der Waals surface area (Å²) in [7, 11) is -4.67. The summed E-state index contributed by atoms with van der Waals surface area (Å²) in [6, 6.07) is 0. The van der Waals surface area contributed by atoms with Crippen molar-refractivity contribution < 1.29 is 91.7 Å². The summed E-state index contributed by atoms with van der Waals surface area (Å²) >= 11 is 0. The maximum atomic E-state index is 8.74. The van der Waals surface area contributed by atoms with Crippen LogP contribution in [0.15, 0.2) is 0 Å². The van der Waals surface area contributed by atoms with Crippen LogP contribution in [0.25, 0.3) is 0 Å². The smallest absolute Gasteiger partial charge is 1.00 e. The molecule has 0 amide bonds. The molecule has 4 nitrogen and oxygen atoms in total. The van der Waals surface area contributed by atoms with Crippen LogP contribution in [0.5, 0.6) is 0 Å². The molecule has 0 bridgehead atoms. The Labute approximate surface area is 123 Å². The van der Waals surface area contributed by atoms with Crippen LogP contribution in [-0.4, -0.2) is 40.6 Å². The molecule has 0 rings (SSSR count). The number of rotatable bonds is 0. The van der Waals surface area contributed by atoms with Crippen molar-refractivity contribution in [2.45, 2.75) is 0 Å². The van der Waals surface area contributed by atoms with Crippen molar-refractivity contribution in [3.63, 3.8) is 0 Å². The van der Waals surface area contributed by atoms with E-state index in [1.807, 2.05) is 0 Å². The van der Waals surface area contributed by atoms with Crippen molar-refractivity contribution in [1.29, 1.82) is 0 Å². The van der Waals surface area contributed by atoms with Crippen molar-refractivity contribution >= 4 is 33.5 Å². The second-order valence-electron chi connectivity index (χ2n) is 0.448. The summed E-state index contributed by atoms with van der Waals surface area (Å²) in [5.41, 5.74) is 0. The average molecular weight is 215 g/mol. The first-order valence-electron chi connectivity index (χ1n) is 0.698. The van der Waals surface area contributed by atoms with Gasteiger partial charge < -0.3 is 4.28 Å². The van der Waals surface area contributed by atoms with Gasteiger partial charge in [0, 0.05) is 18.6 Å². The zero-order valence-corrected chi connectivity index (χ0v) is 11.0. The van der Waals surface area contributed by atoms with Crippen molar-refractivity contribution in [2.24, 2.45) is 0 Å². The van der Waals surface area contributed by atoms with Gasteiger partial charge in [0.25, 0.3) is 0 Å². The van der Waals surface area contributed by atoms with Gasteiger partial charge in [-0.15, -0.1) is 0 Å². The molecule has 0 heterocycles. The zero-order chi connectivity index (χ0) is 4.50. The van der Waals surface area contributed by atoms with E-state index in [9.17, 15) is 0 Å². The van der Waals surface area contributed by atoms with Gasteiger partial charge in [-0.3, -0.25) is 9.11 Å². The first-order chi connectivity index (χ1) is 2.00. The van der Waals surface area contributed by atoms with Crippen LogP contribution in [0.4, 0.5) is 0 Å². The van der Waals surface area contributed by atoms with Crippen LogP contribution < -0.4 is 51.4 Å². The molecule has 8 heavy (non-hydrogen) atoms. The van der Waals surface area contributed by atoms with E-state index in [0.717, 1.165) is 0 Å². The van der Waals surface area contributed by atoms with E-state index in [4.69, 9.17) is 17.5 Å². The van der Waals surface area contributed by atoms with Crippen LogP contribution in [0, 0.1) is 0 Å². The normalized spacial score (nSPS) is 7.25. The van der Waals surface area contributed by atoms with Crippen molar-refractivity contribution in [2.75, 3.05) is 0 Å². The molecular formula is H5KMgO4SV. The molecule has 0 aromatic carbocycles. The Morgan fingerprint density at radius 1 is 1.25 bits per heavy atom. The Morgan fingerprint density at radius 3 is 1.25 bits per heavy atom. The fourth-order valence-corrected chi connectivity index (χ4v) is 0. The molecule has 0 aliphatic carbocycles.